The Bertz CT molecular complexity index is 549. The van der Waals surface area contributed by atoms with E-state index in [0.29, 0.717) is 0 Å². The van der Waals surface area contributed by atoms with E-state index >= 15 is 0 Å². The average molecular weight is 231 g/mol. The van der Waals surface area contributed by atoms with E-state index in [1.54, 1.807) is 30.6 Å². The van der Waals surface area contributed by atoms with Crippen LogP contribution in [0.5, 0.6) is 5.75 Å². The highest BCUT2D eigenvalue weighted by Crippen LogP contribution is 2.19. The third-order valence-corrected chi connectivity index (χ3v) is 2.08. The standard InChI is InChI=1S/C11H9N3O3/c12-11(13-6-1-2-7-13)17-10-5-3-4-9(8-10)14(15)16/h1-8,12H. The van der Waals surface area contributed by atoms with Gasteiger partial charge < -0.3 is 4.74 Å². The van der Waals surface area contributed by atoms with Crippen LogP contribution in [-0.2, 0) is 0 Å². The average Bonchev–Trinajstić information content (AvgIpc) is 2.82. The number of hydrogen-bond donors (Lipinski definition) is 1. The zero-order valence-corrected chi connectivity index (χ0v) is 8.74. The third-order valence-electron chi connectivity index (χ3n) is 2.08. The summed E-state index contributed by atoms with van der Waals surface area (Å²) in [5.41, 5.74) is -0.0668. The van der Waals surface area contributed by atoms with Crippen molar-refractivity contribution in [3.63, 3.8) is 0 Å². The summed E-state index contributed by atoms with van der Waals surface area (Å²) in [4.78, 5) is 10.1. The first-order chi connectivity index (χ1) is 8.16. The van der Waals surface area contributed by atoms with E-state index in [4.69, 9.17) is 10.1 Å². The lowest BCUT2D eigenvalue weighted by molar-refractivity contribution is -0.384. The van der Waals surface area contributed by atoms with Gasteiger partial charge in [-0.1, -0.05) is 6.07 Å². The smallest absolute Gasteiger partial charge is 0.298 e. The minimum Gasteiger partial charge on any atom is -0.425 e. The van der Waals surface area contributed by atoms with Crippen LogP contribution in [0.3, 0.4) is 0 Å². The topological polar surface area (TPSA) is 81.2 Å². The molecule has 0 unspecified atom stereocenters. The highest BCUT2D eigenvalue weighted by atomic mass is 16.6. The molecule has 0 spiro atoms. The molecule has 0 aliphatic heterocycles. The molecule has 2 aromatic rings. The molecule has 0 fully saturated rings. The molecular formula is C11H9N3O3. The fourth-order valence-electron chi connectivity index (χ4n) is 1.29. The number of nitrogens with one attached hydrogen (secondary N) is 1. The lowest BCUT2D eigenvalue weighted by Gasteiger charge is -2.06. The van der Waals surface area contributed by atoms with Crippen molar-refractivity contribution in [1.82, 2.24) is 4.57 Å². The molecule has 1 N–H and O–H groups in total. The molecule has 6 heteroatoms. The minimum atomic E-state index is -0.508. The van der Waals surface area contributed by atoms with E-state index in [1.807, 2.05) is 0 Å². The lowest BCUT2D eigenvalue weighted by atomic mass is 10.3. The largest absolute Gasteiger partial charge is 0.425 e. The van der Waals surface area contributed by atoms with Gasteiger partial charge in [0.1, 0.15) is 5.75 Å². The number of benzene rings is 1. The van der Waals surface area contributed by atoms with Gasteiger partial charge in [-0.3, -0.25) is 20.1 Å². The van der Waals surface area contributed by atoms with Crippen molar-refractivity contribution in [1.29, 1.82) is 5.41 Å². The van der Waals surface area contributed by atoms with Crippen molar-refractivity contribution in [3.8, 4) is 5.75 Å². The van der Waals surface area contributed by atoms with Crippen LogP contribution in [0.25, 0.3) is 0 Å². The first kappa shape index (κ1) is 10.9. The summed E-state index contributed by atoms with van der Waals surface area (Å²) in [6.45, 7) is 0. The normalized spacial score (nSPS) is 9.88. The van der Waals surface area contributed by atoms with Gasteiger partial charge >= 0.3 is 0 Å². The van der Waals surface area contributed by atoms with Crippen LogP contribution in [-0.4, -0.2) is 15.5 Å². The molecule has 0 radical (unpaired) electrons. The van der Waals surface area contributed by atoms with Gasteiger partial charge in [0, 0.05) is 18.5 Å². The molecule has 0 saturated heterocycles. The van der Waals surface area contributed by atoms with E-state index in [-0.39, 0.29) is 17.5 Å². The molecule has 86 valence electrons. The Morgan fingerprint density at radius 2 is 2.00 bits per heavy atom. The molecule has 6 nitrogen and oxygen atoms in total. The number of aromatic nitrogens is 1. The first-order valence-electron chi connectivity index (χ1n) is 4.81. The monoisotopic (exact) mass is 231 g/mol. The summed E-state index contributed by atoms with van der Waals surface area (Å²) in [6.07, 6.45) is 3.30. The van der Waals surface area contributed by atoms with Gasteiger partial charge in [0.2, 0.25) is 0 Å². The van der Waals surface area contributed by atoms with E-state index in [2.05, 4.69) is 0 Å². The molecular weight excluding hydrogens is 222 g/mol. The first-order valence-corrected chi connectivity index (χ1v) is 4.81. The van der Waals surface area contributed by atoms with Crippen LogP contribution < -0.4 is 4.74 Å². The summed E-state index contributed by atoms with van der Waals surface area (Å²) in [6, 6.07) is 9.11. The van der Waals surface area contributed by atoms with Crippen molar-refractivity contribution < 1.29 is 9.66 Å². The molecule has 0 amide bonds. The maximum atomic E-state index is 10.6. The van der Waals surface area contributed by atoms with Crippen molar-refractivity contribution >= 4 is 11.7 Å². The fourth-order valence-corrected chi connectivity index (χ4v) is 1.29. The summed E-state index contributed by atoms with van der Waals surface area (Å²) in [5, 5.41) is 18.2. The summed E-state index contributed by atoms with van der Waals surface area (Å²) in [7, 11) is 0. The van der Waals surface area contributed by atoms with Crippen molar-refractivity contribution in [3.05, 3.63) is 58.9 Å². The Morgan fingerprint density at radius 3 is 2.65 bits per heavy atom. The Balaban J connectivity index is 2.16. The molecule has 0 bridgehead atoms. The van der Waals surface area contributed by atoms with E-state index < -0.39 is 4.92 Å². The van der Waals surface area contributed by atoms with Gasteiger partial charge in [0.15, 0.2) is 0 Å². The van der Waals surface area contributed by atoms with Crippen LogP contribution in [0.15, 0.2) is 48.8 Å². The van der Waals surface area contributed by atoms with Crippen LogP contribution in [0.1, 0.15) is 0 Å². The number of nitro groups is 1. The maximum absolute atomic E-state index is 10.6. The molecule has 1 heterocycles. The predicted molar refractivity (Wildman–Crippen MR) is 61.3 cm³/mol. The Hall–Kier alpha value is -2.63. The molecule has 2 rings (SSSR count). The van der Waals surface area contributed by atoms with Crippen molar-refractivity contribution in [2.75, 3.05) is 0 Å². The molecule has 17 heavy (non-hydrogen) atoms. The van der Waals surface area contributed by atoms with Gasteiger partial charge in [-0.2, -0.15) is 0 Å². The summed E-state index contributed by atoms with van der Waals surface area (Å²) in [5.74, 6) is 0.262. The molecule has 0 aliphatic carbocycles. The minimum absolute atomic E-state index is 0.0668. The lowest BCUT2D eigenvalue weighted by Crippen LogP contribution is -2.15. The van der Waals surface area contributed by atoms with Crippen LogP contribution in [0.2, 0.25) is 0 Å². The highest BCUT2D eigenvalue weighted by Gasteiger charge is 2.08. The fraction of sp³-hybridized carbons (Fsp3) is 0. The molecule has 0 atom stereocenters. The number of non-ortho nitro benzene ring substituents is 1. The molecule has 1 aromatic heterocycles. The van der Waals surface area contributed by atoms with Crippen molar-refractivity contribution in [2.45, 2.75) is 0 Å². The predicted octanol–water partition coefficient (Wildman–Crippen LogP) is 2.26. The number of hydrogen-bond acceptors (Lipinski definition) is 4. The second kappa shape index (κ2) is 4.48. The van der Waals surface area contributed by atoms with Gasteiger partial charge in [-0.25, -0.2) is 0 Å². The van der Waals surface area contributed by atoms with Gasteiger partial charge in [-0.05, 0) is 18.2 Å². The van der Waals surface area contributed by atoms with Gasteiger partial charge in [0.25, 0.3) is 11.7 Å². The molecule has 1 aromatic carbocycles. The summed E-state index contributed by atoms with van der Waals surface area (Å²) < 4.78 is 6.65. The Morgan fingerprint density at radius 1 is 1.29 bits per heavy atom. The number of ether oxygens (including phenoxy) is 1. The summed E-state index contributed by atoms with van der Waals surface area (Å²) >= 11 is 0. The quantitative estimate of drug-likeness (QED) is 0.372. The van der Waals surface area contributed by atoms with Crippen LogP contribution in [0, 0.1) is 15.5 Å². The van der Waals surface area contributed by atoms with E-state index in [0.717, 1.165) is 0 Å². The van der Waals surface area contributed by atoms with E-state index in [1.165, 1.54) is 22.8 Å². The number of nitro benzene ring substituents is 1. The number of nitrogens with zero attached hydrogens (tertiary/aromatic N) is 2. The zero-order chi connectivity index (χ0) is 12.3. The SMILES string of the molecule is N=C(Oc1cccc([N+](=O)[O-])c1)n1cccc1. The number of rotatable bonds is 2. The van der Waals surface area contributed by atoms with E-state index in [9.17, 15) is 10.1 Å². The Kier molecular flexibility index (Phi) is 2.87. The van der Waals surface area contributed by atoms with Crippen molar-refractivity contribution in [2.24, 2.45) is 0 Å². The van der Waals surface area contributed by atoms with Crippen LogP contribution >= 0.6 is 0 Å². The second-order valence-corrected chi connectivity index (χ2v) is 3.25. The van der Waals surface area contributed by atoms with Crippen LogP contribution in [0.4, 0.5) is 5.69 Å². The zero-order valence-electron chi connectivity index (χ0n) is 8.74. The van der Waals surface area contributed by atoms with Gasteiger partial charge in [-0.15, -0.1) is 0 Å². The third kappa shape index (κ3) is 2.49. The molecule has 0 aliphatic rings. The highest BCUT2D eigenvalue weighted by molar-refractivity contribution is 5.75. The van der Waals surface area contributed by atoms with Gasteiger partial charge in [0.05, 0.1) is 11.0 Å². The maximum Gasteiger partial charge on any atom is 0.298 e. The molecule has 0 saturated carbocycles. The second-order valence-electron chi connectivity index (χ2n) is 3.25. The Labute approximate surface area is 96.7 Å².